The van der Waals surface area contributed by atoms with E-state index in [0.717, 1.165) is 28.2 Å². The third-order valence-electron chi connectivity index (χ3n) is 3.12. The zero-order valence-electron chi connectivity index (χ0n) is 11.3. The summed E-state index contributed by atoms with van der Waals surface area (Å²) in [4.78, 5) is 18.0. The number of benzene rings is 1. The van der Waals surface area contributed by atoms with E-state index >= 15 is 0 Å². The molecule has 2 aromatic rings. The van der Waals surface area contributed by atoms with Crippen molar-refractivity contribution in [3.05, 3.63) is 51.0 Å². The standard InChI is InChI=1S/C15H18N2OS/c1-10-11(2)19-15(17-10)9-14(18)13-6-4-3-5-12(13)7-8-16/h3-6H,7-9,16H2,1-2H3. The molecule has 0 atom stereocenters. The van der Waals surface area contributed by atoms with Crippen LogP contribution in [0.2, 0.25) is 0 Å². The first-order valence-corrected chi connectivity index (χ1v) is 7.17. The number of Topliss-reactive ketones (excluding diaryl/α,β-unsaturated/α-hetero) is 1. The Labute approximate surface area is 117 Å². The van der Waals surface area contributed by atoms with Crippen molar-refractivity contribution in [2.24, 2.45) is 5.73 Å². The van der Waals surface area contributed by atoms with Crippen LogP contribution in [-0.2, 0) is 12.8 Å². The lowest BCUT2D eigenvalue weighted by molar-refractivity contribution is 0.0992. The van der Waals surface area contributed by atoms with Gasteiger partial charge in [-0.25, -0.2) is 4.98 Å². The number of carbonyl (C=O) groups excluding carboxylic acids is 1. The van der Waals surface area contributed by atoms with Crippen molar-refractivity contribution >= 4 is 17.1 Å². The van der Waals surface area contributed by atoms with Gasteiger partial charge in [-0.1, -0.05) is 24.3 Å². The van der Waals surface area contributed by atoms with Gasteiger partial charge in [-0.05, 0) is 32.4 Å². The van der Waals surface area contributed by atoms with E-state index in [2.05, 4.69) is 4.98 Å². The molecular weight excluding hydrogens is 256 g/mol. The van der Waals surface area contributed by atoms with Gasteiger partial charge in [-0.3, -0.25) is 4.79 Å². The fourth-order valence-corrected chi connectivity index (χ4v) is 2.95. The van der Waals surface area contributed by atoms with Gasteiger partial charge >= 0.3 is 0 Å². The summed E-state index contributed by atoms with van der Waals surface area (Å²) in [5.41, 5.74) is 8.40. The lowest BCUT2D eigenvalue weighted by Crippen LogP contribution is -2.10. The number of hydrogen-bond donors (Lipinski definition) is 1. The number of nitrogens with zero attached hydrogens (tertiary/aromatic N) is 1. The molecule has 100 valence electrons. The molecule has 0 aliphatic rings. The van der Waals surface area contributed by atoms with Gasteiger partial charge in [-0.2, -0.15) is 0 Å². The van der Waals surface area contributed by atoms with Crippen molar-refractivity contribution in [3.8, 4) is 0 Å². The van der Waals surface area contributed by atoms with Gasteiger partial charge in [0.25, 0.3) is 0 Å². The highest BCUT2D eigenvalue weighted by atomic mass is 32.1. The second kappa shape index (κ2) is 6.08. The van der Waals surface area contributed by atoms with E-state index in [1.165, 1.54) is 4.88 Å². The molecule has 0 aliphatic heterocycles. The molecule has 0 amide bonds. The smallest absolute Gasteiger partial charge is 0.169 e. The molecule has 19 heavy (non-hydrogen) atoms. The van der Waals surface area contributed by atoms with E-state index in [-0.39, 0.29) is 5.78 Å². The van der Waals surface area contributed by atoms with Crippen molar-refractivity contribution in [1.29, 1.82) is 0 Å². The maximum atomic E-state index is 12.4. The molecule has 3 nitrogen and oxygen atoms in total. The average molecular weight is 274 g/mol. The van der Waals surface area contributed by atoms with E-state index in [1.807, 2.05) is 38.1 Å². The zero-order chi connectivity index (χ0) is 13.8. The largest absolute Gasteiger partial charge is 0.330 e. The maximum Gasteiger partial charge on any atom is 0.169 e. The van der Waals surface area contributed by atoms with Crippen molar-refractivity contribution < 1.29 is 4.79 Å². The topological polar surface area (TPSA) is 56.0 Å². The highest BCUT2D eigenvalue weighted by Crippen LogP contribution is 2.19. The molecule has 1 aromatic carbocycles. The second-order valence-electron chi connectivity index (χ2n) is 4.54. The van der Waals surface area contributed by atoms with Gasteiger partial charge < -0.3 is 5.73 Å². The summed E-state index contributed by atoms with van der Waals surface area (Å²) < 4.78 is 0. The Balaban J connectivity index is 2.20. The molecule has 0 aliphatic carbocycles. The Kier molecular flexibility index (Phi) is 4.45. The first-order valence-electron chi connectivity index (χ1n) is 6.36. The van der Waals surface area contributed by atoms with Crippen LogP contribution in [0.15, 0.2) is 24.3 Å². The van der Waals surface area contributed by atoms with Gasteiger partial charge in [-0.15, -0.1) is 11.3 Å². The fraction of sp³-hybridized carbons (Fsp3) is 0.333. The molecule has 0 radical (unpaired) electrons. The van der Waals surface area contributed by atoms with Crippen molar-refractivity contribution in [2.45, 2.75) is 26.7 Å². The Morgan fingerprint density at radius 1 is 1.32 bits per heavy atom. The number of ketones is 1. The van der Waals surface area contributed by atoms with Crippen LogP contribution in [0.25, 0.3) is 0 Å². The molecule has 0 spiro atoms. The minimum absolute atomic E-state index is 0.123. The third-order valence-corrected chi connectivity index (χ3v) is 4.19. The van der Waals surface area contributed by atoms with E-state index in [4.69, 9.17) is 5.73 Å². The molecular formula is C15H18N2OS. The zero-order valence-corrected chi connectivity index (χ0v) is 12.1. The first kappa shape index (κ1) is 13.9. The average Bonchev–Trinajstić information content (AvgIpc) is 2.69. The first-order chi connectivity index (χ1) is 9.11. The minimum Gasteiger partial charge on any atom is -0.330 e. The third kappa shape index (κ3) is 3.28. The molecule has 2 rings (SSSR count). The molecule has 0 unspecified atom stereocenters. The van der Waals surface area contributed by atoms with Gasteiger partial charge in [0, 0.05) is 10.4 Å². The summed E-state index contributed by atoms with van der Waals surface area (Å²) in [6, 6.07) is 7.68. The van der Waals surface area contributed by atoms with Crippen LogP contribution in [0.3, 0.4) is 0 Å². The SMILES string of the molecule is Cc1nc(CC(=O)c2ccccc2CCN)sc1C. The number of rotatable bonds is 5. The molecule has 0 saturated heterocycles. The van der Waals surface area contributed by atoms with Gasteiger partial charge in [0.15, 0.2) is 5.78 Å². The summed E-state index contributed by atoms with van der Waals surface area (Å²) in [6.45, 7) is 4.56. The molecule has 4 heteroatoms. The molecule has 1 heterocycles. The molecule has 0 bridgehead atoms. The number of thiazole rings is 1. The van der Waals surface area contributed by atoms with Crippen LogP contribution in [0, 0.1) is 13.8 Å². The predicted molar refractivity (Wildman–Crippen MR) is 78.8 cm³/mol. The summed E-state index contributed by atoms with van der Waals surface area (Å²) in [5.74, 6) is 0.123. The van der Waals surface area contributed by atoms with Gasteiger partial charge in [0.2, 0.25) is 0 Å². The fourth-order valence-electron chi connectivity index (χ4n) is 2.01. The van der Waals surface area contributed by atoms with Gasteiger partial charge in [0.05, 0.1) is 12.1 Å². The molecule has 1 aromatic heterocycles. The van der Waals surface area contributed by atoms with Crippen molar-refractivity contribution in [3.63, 3.8) is 0 Å². The van der Waals surface area contributed by atoms with Crippen molar-refractivity contribution in [2.75, 3.05) is 6.54 Å². The van der Waals surface area contributed by atoms with Crippen LogP contribution in [0.1, 0.15) is 31.5 Å². The quantitative estimate of drug-likeness (QED) is 0.853. The Morgan fingerprint density at radius 2 is 2.05 bits per heavy atom. The summed E-state index contributed by atoms with van der Waals surface area (Å²) >= 11 is 1.60. The maximum absolute atomic E-state index is 12.4. The van der Waals surface area contributed by atoms with E-state index in [1.54, 1.807) is 11.3 Å². The highest BCUT2D eigenvalue weighted by molar-refractivity contribution is 7.11. The lowest BCUT2D eigenvalue weighted by atomic mass is 9.99. The lowest BCUT2D eigenvalue weighted by Gasteiger charge is -2.06. The van der Waals surface area contributed by atoms with E-state index in [9.17, 15) is 4.79 Å². The number of nitrogens with two attached hydrogens (primary N) is 1. The summed E-state index contributed by atoms with van der Waals surface area (Å²) in [5, 5.41) is 0.891. The normalized spacial score (nSPS) is 10.7. The number of carbonyl (C=O) groups is 1. The van der Waals surface area contributed by atoms with Crippen LogP contribution < -0.4 is 5.73 Å². The van der Waals surface area contributed by atoms with Gasteiger partial charge in [0.1, 0.15) is 5.01 Å². The van der Waals surface area contributed by atoms with E-state index in [0.29, 0.717) is 13.0 Å². The summed E-state index contributed by atoms with van der Waals surface area (Å²) in [7, 11) is 0. The number of aryl methyl sites for hydroxylation is 2. The number of aromatic nitrogens is 1. The van der Waals surface area contributed by atoms with Crippen molar-refractivity contribution in [1.82, 2.24) is 4.98 Å². The second-order valence-corrected chi connectivity index (χ2v) is 5.83. The van der Waals surface area contributed by atoms with Crippen LogP contribution >= 0.6 is 11.3 Å². The highest BCUT2D eigenvalue weighted by Gasteiger charge is 2.14. The molecule has 0 fully saturated rings. The predicted octanol–water partition coefficient (Wildman–Crippen LogP) is 2.69. The van der Waals surface area contributed by atoms with Crippen LogP contribution in [0.5, 0.6) is 0 Å². The Morgan fingerprint density at radius 3 is 2.68 bits per heavy atom. The minimum atomic E-state index is 0.123. The molecule has 2 N–H and O–H groups in total. The van der Waals surface area contributed by atoms with E-state index < -0.39 is 0 Å². The Hall–Kier alpha value is -1.52. The van der Waals surface area contributed by atoms with Crippen LogP contribution in [-0.4, -0.2) is 17.3 Å². The number of hydrogen-bond acceptors (Lipinski definition) is 4. The molecule has 0 saturated carbocycles. The Bertz CT molecular complexity index is 570. The monoisotopic (exact) mass is 274 g/mol. The van der Waals surface area contributed by atoms with Crippen LogP contribution in [0.4, 0.5) is 0 Å². The summed E-state index contributed by atoms with van der Waals surface area (Å²) in [6.07, 6.45) is 1.11.